The first-order chi connectivity index (χ1) is 20.7. The van der Waals surface area contributed by atoms with Gasteiger partial charge in [-0.2, -0.15) is 0 Å². The molecule has 0 spiro atoms. The van der Waals surface area contributed by atoms with Crippen molar-refractivity contribution < 1.29 is 18.3 Å². The average molecular weight is 743 g/mol. The summed E-state index contributed by atoms with van der Waals surface area (Å²) in [4.78, 5) is 0. The van der Waals surface area contributed by atoms with Gasteiger partial charge in [0.15, 0.2) is 0 Å². The van der Waals surface area contributed by atoms with E-state index in [9.17, 15) is 0 Å². The maximum absolute atomic E-state index is 5.94. The molecule has 2 aromatic carbocycles. The summed E-state index contributed by atoms with van der Waals surface area (Å²) in [5, 5.41) is 0. The summed E-state index contributed by atoms with van der Waals surface area (Å²) in [6, 6.07) is 7.83. The molecule has 0 amide bonds. The summed E-state index contributed by atoms with van der Waals surface area (Å²) in [7, 11) is 0. The number of aryl methyl sites for hydroxylation is 1. The standard InChI is InChI=1S/C23H29.2C7H13.C5H5.CH2.2ClH.Zr/c1-14-9-16-11-17-10-15(2)21(23(6,7)8)13-19(17)18(16)12-20(14)22(3,4)5;2*1-7-5-3-2-4-6-7;1-2-4-5-3-1;;;;/h9,12-13H,11H2,1-8H3;2*7H,1-6H2;1-3H,4H2;1H2;2*1H;. The normalized spacial score (nSPS) is 19.3. The van der Waals surface area contributed by atoms with Crippen molar-refractivity contribution in [2.75, 3.05) is 0 Å². The zero-order valence-corrected chi connectivity index (χ0v) is 34.6. The van der Waals surface area contributed by atoms with Gasteiger partial charge in [-0.25, -0.2) is 0 Å². The van der Waals surface area contributed by atoms with E-state index in [1.807, 2.05) is 6.55 Å². The first-order valence-electron chi connectivity index (χ1n) is 18.4. The Morgan fingerprint density at radius 1 is 0.717 bits per heavy atom. The van der Waals surface area contributed by atoms with Gasteiger partial charge in [-0.3, -0.25) is 0 Å². The number of hydrogen-bond donors (Lipinski definition) is 0. The van der Waals surface area contributed by atoms with Crippen LogP contribution < -0.4 is 3.27 Å². The van der Waals surface area contributed by atoms with Gasteiger partial charge in [0.2, 0.25) is 0 Å². The van der Waals surface area contributed by atoms with Crippen LogP contribution in [0.4, 0.5) is 0 Å². The summed E-state index contributed by atoms with van der Waals surface area (Å²) in [5.41, 5.74) is 12.8. The molecule has 2 aromatic rings. The molecule has 6 rings (SSSR count). The second-order valence-electron chi connectivity index (χ2n) is 18.1. The zero-order valence-electron chi connectivity index (χ0n) is 30.5. The van der Waals surface area contributed by atoms with E-state index in [2.05, 4.69) is 91.8 Å². The van der Waals surface area contributed by atoms with Crippen molar-refractivity contribution in [3.8, 4) is 11.1 Å². The quantitative estimate of drug-likeness (QED) is 0.236. The molecule has 0 atom stereocenters. The minimum absolute atomic E-state index is 0. The van der Waals surface area contributed by atoms with Gasteiger partial charge in [-0.05, 0) is 0 Å². The molecule has 0 bridgehead atoms. The van der Waals surface area contributed by atoms with E-state index >= 15 is 0 Å². The Kier molecular flexibility index (Phi) is 11.5. The molecular formula is C43H64Cl2Zr. The minimum atomic E-state index is -4.13. The van der Waals surface area contributed by atoms with Gasteiger partial charge in [0.1, 0.15) is 0 Å². The Balaban J connectivity index is 0.00000240. The fourth-order valence-electron chi connectivity index (χ4n) is 10.9. The molecule has 0 unspecified atom stereocenters. The van der Waals surface area contributed by atoms with E-state index in [-0.39, 0.29) is 35.6 Å². The number of benzene rings is 2. The number of allylic oxidation sites excluding steroid dienone is 4. The molecule has 3 heteroatoms. The molecule has 4 aliphatic carbocycles. The first kappa shape index (κ1) is 38.1. The molecule has 46 heavy (non-hydrogen) atoms. The van der Waals surface area contributed by atoms with Gasteiger partial charge in [-0.1, -0.05) is 0 Å². The van der Waals surface area contributed by atoms with Gasteiger partial charge in [0.05, 0.1) is 0 Å². The Labute approximate surface area is 296 Å². The molecule has 4 aliphatic rings. The van der Waals surface area contributed by atoms with Crippen molar-refractivity contribution in [1.82, 2.24) is 0 Å². The molecule has 0 saturated heterocycles. The van der Waals surface area contributed by atoms with Gasteiger partial charge in [0, 0.05) is 0 Å². The molecule has 0 N–H and O–H groups in total. The maximum atomic E-state index is 5.94. The van der Waals surface area contributed by atoms with Crippen LogP contribution in [-0.2, 0) is 35.5 Å². The third-order valence-electron chi connectivity index (χ3n) is 12.7. The molecule has 2 fully saturated rings. The fourth-order valence-corrected chi connectivity index (χ4v) is 31.4. The summed E-state index contributed by atoms with van der Waals surface area (Å²) in [6.07, 6.45) is 24.1. The van der Waals surface area contributed by atoms with Crippen molar-refractivity contribution in [2.24, 2.45) is 11.8 Å². The van der Waals surface area contributed by atoms with E-state index < -0.39 is 18.3 Å². The second kappa shape index (κ2) is 13.9. The van der Waals surface area contributed by atoms with E-state index in [4.69, 9.17) is 4.21 Å². The summed E-state index contributed by atoms with van der Waals surface area (Å²) in [6.45, 7) is 19.4. The third-order valence-corrected chi connectivity index (χ3v) is 30.3. The third kappa shape index (κ3) is 6.84. The molecule has 2 saturated carbocycles. The van der Waals surface area contributed by atoms with Gasteiger partial charge < -0.3 is 0 Å². The summed E-state index contributed by atoms with van der Waals surface area (Å²) >= 11 is -4.13. The average Bonchev–Trinajstić information content (AvgIpc) is 3.61. The number of rotatable bonds is 6. The molecule has 0 nitrogen and oxygen atoms in total. The van der Waals surface area contributed by atoms with Crippen LogP contribution in [0.15, 0.2) is 39.7 Å². The Morgan fingerprint density at radius 3 is 1.72 bits per heavy atom. The first-order valence-corrected chi connectivity index (χ1v) is 26.1. The van der Waals surface area contributed by atoms with Gasteiger partial charge in [-0.15, -0.1) is 24.8 Å². The molecule has 0 aromatic heterocycles. The second-order valence-corrected chi connectivity index (χ2v) is 32.5. The number of halogens is 2. The Hall–Kier alpha value is -0.747. The molecule has 0 aliphatic heterocycles. The molecule has 254 valence electrons. The van der Waals surface area contributed by atoms with Crippen LogP contribution in [0.25, 0.3) is 11.1 Å². The summed E-state index contributed by atoms with van der Waals surface area (Å²) < 4.78 is 12.5. The van der Waals surface area contributed by atoms with Crippen molar-refractivity contribution >= 4 is 32.3 Å². The SMILES string of the molecule is Cl.Cl.[CH2]=[Zr]([CH2]C1CCCCC1)([CH2]C1CCCCC1)([C]1=CC=CC1)[c]1c(C)c(C(C)(C)C)cc2c1Cc1cc(C)c(C(C)(C)C)cc1-2. The van der Waals surface area contributed by atoms with Crippen molar-refractivity contribution in [3.05, 3.63) is 73.1 Å². The predicted molar refractivity (Wildman–Crippen MR) is 207 cm³/mol. The van der Waals surface area contributed by atoms with Crippen LogP contribution in [0, 0.1) is 25.7 Å². The van der Waals surface area contributed by atoms with Crippen LogP contribution in [-0.4, -0.2) is 4.21 Å². The number of fused-ring (bicyclic) bond motifs is 3. The van der Waals surface area contributed by atoms with E-state index in [0.29, 0.717) is 0 Å². The number of hydrogen-bond acceptors (Lipinski definition) is 0. The Morgan fingerprint density at radius 2 is 1.24 bits per heavy atom. The summed E-state index contributed by atoms with van der Waals surface area (Å²) in [5.74, 6) is 1.70. The van der Waals surface area contributed by atoms with Crippen LogP contribution >= 0.6 is 24.8 Å². The monoisotopic (exact) mass is 740 g/mol. The van der Waals surface area contributed by atoms with E-state index in [1.54, 1.807) is 27.8 Å². The fraction of sp³-hybridized carbons (Fsp3) is 0.605. The molecule has 0 heterocycles. The predicted octanol–water partition coefficient (Wildman–Crippen LogP) is 12.9. The molecule has 0 radical (unpaired) electrons. The zero-order chi connectivity index (χ0) is 31.5. The van der Waals surface area contributed by atoms with Crippen molar-refractivity contribution in [3.63, 3.8) is 0 Å². The van der Waals surface area contributed by atoms with Crippen LogP contribution in [0.3, 0.4) is 0 Å². The van der Waals surface area contributed by atoms with Gasteiger partial charge in [0.25, 0.3) is 0 Å². The van der Waals surface area contributed by atoms with Gasteiger partial charge >= 0.3 is 273 Å². The van der Waals surface area contributed by atoms with Crippen LogP contribution in [0.2, 0.25) is 8.26 Å². The van der Waals surface area contributed by atoms with Crippen molar-refractivity contribution in [1.29, 1.82) is 0 Å². The van der Waals surface area contributed by atoms with Crippen LogP contribution in [0.1, 0.15) is 146 Å². The van der Waals surface area contributed by atoms with Crippen molar-refractivity contribution in [2.45, 2.75) is 152 Å². The van der Waals surface area contributed by atoms with E-state index in [0.717, 1.165) is 24.7 Å². The molecular weight excluding hydrogens is 679 g/mol. The van der Waals surface area contributed by atoms with Crippen LogP contribution in [0.5, 0.6) is 0 Å². The topological polar surface area (TPSA) is 0 Å². The Bertz CT molecular complexity index is 1540. The van der Waals surface area contributed by atoms with E-state index in [1.165, 1.54) is 89.2 Å².